The summed E-state index contributed by atoms with van der Waals surface area (Å²) in [5.41, 5.74) is 2.31. The van der Waals surface area contributed by atoms with Crippen molar-refractivity contribution in [3.05, 3.63) is 47.3 Å². The van der Waals surface area contributed by atoms with Gasteiger partial charge in [0.05, 0.1) is 5.69 Å². The molecule has 1 heterocycles. The summed E-state index contributed by atoms with van der Waals surface area (Å²) in [5, 5.41) is 4.31. The van der Waals surface area contributed by atoms with Crippen molar-refractivity contribution in [2.24, 2.45) is 7.05 Å². The SMILES string of the molecule is Cc1ccc(CNS(=O)(=O)c2cn(C)nc2C(C)(C)C)cc1. The van der Waals surface area contributed by atoms with E-state index >= 15 is 0 Å². The van der Waals surface area contributed by atoms with E-state index in [1.807, 2.05) is 52.0 Å². The zero-order chi connectivity index (χ0) is 16.5. The molecule has 0 saturated heterocycles. The van der Waals surface area contributed by atoms with E-state index in [1.54, 1.807) is 17.9 Å². The first-order chi connectivity index (χ1) is 10.1. The zero-order valence-corrected chi connectivity index (χ0v) is 14.5. The Hall–Kier alpha value is -1.66. The molecular weight excluding hydrogens is 298 g/mol. The van der Waals surface area contributed by atoms with Gasteiger partial charge >= 0.3 is 0 Å². The van der Waals surface area contributed by atoms with Gasteiger partial charge in [-0.1, -0.05) is 50.6 Å². The van der Waals surface area contributed by atoms with Gasteiger partial charge in [-0.05, 0) is 12.5 Å². The third-order valence-electron chi connectivity index (χ3n) is 3.38. The van der Waals surface area contributed by atoms with Crippen LogP contribution in [0.2, 0.25) is 0 Å². The summed E-state index contributed by atoms with van der Waals surface area (Å²) >= 11 is 0. The molecule has 1 N–H and O–H groups in total. The Kier molecular flexibility index (Phi) is 4.44. The molecule has 0 unspecified atom stereocenters. The van der Waals surface area contributed by atoms with Crippen molar-refractivity contribution in [1.82, 2.24) is 14.5 Å². The summed E-state index contributed by atoms with van der Waals surface area (Å²) in [7, 11) is -1.86. The van der Waals surface area contributed by atoms with Crippen LogP contribution < -0.4 is 4.72 Å². The number of aryl methyl sites for hydroxylation is 2. The summed E-state index contributed by atoms with van der Waals surface area (Å²) in [6, 6.07) is 7.78. The van der Waals surface area contributed by atoms with Crippen LogP contribution in [0.5, 0.6) is 0 Å². The van der Waals surface area contributed by atoms with Crippen molar-refractivity contribution in [2.75, 3.05) is 0 Å². The van der Waals surface area contributed by atoms with Gasteiger partial charge in [-0.3, -0.25) is 4.68 Å². The molecule has 0 atom stereocenters. The lowest BCUT2D eigenvalue weighted by molar-refractivity contribution is 0.535. The molecule has 1 aromatic heterocycles. The maximum absolute atomic E-state index is 12.6. The number of nitrogens with zero attached hydrogens (tertiary/aromatic N) is 2. The van der Waals surface area contributed by atoms with E-state index in [2.05, 4.69) is 9.82 Å². The maximum Gasteiger partial charge on any atom is 0.244 e. The summed E-state index contributed by atoms with van der Waals surface area (Å²) in [4.78, 5) is 0.245. The third kappa shape index (κ3) is 3.75. The van der Waals surface area contributed by atoms with Gasteiger partial charge in [-0.2, -0.15) is 5.10 Å². The number of hydrogen-bond acceptors (Lipinski definition) is 3. The maximum atomic E-state index is 12.6. The van der Waals surface area contributed by atoms with E-state index < -0.39 is 10.0 Å². The fourth-order valence-electron chi connectivity index (χ4n) is 2.14. The van der Waals surface area contributed by atoms with Crippen molar-refractivity contribution in [1.29, 1.82) is 0 Å². The van der Waals surface area contributed by atoms with Gasteiger partial charge in [0, 0.05) is 25.2 Å². The second kappa shape index (κ2) is 5.85. The number of rotatable bonds is 4. The van der Waals surface area contributed by atoms with Crippen LogP contribution in [0.1, 0.15) is 37.6 Å². The van der Waals surface area contributed by atoms with Crippen molar-refractivity contribution in [2.45, 2.75) is 44.6 Å². The number of benzene rings is 1. The summed E-state index contributed by atoms with van der Waals surface area (Å²) in [5.74, 6) is 0. The molecule has 0 aliphatic rings. The Bertz CT molecular complexity index is 754. The molecule has 22 heavy (non-hydrogen) atoms. The van der Waals surface area contributed by atoms with Crippen LogP contribution in [0.3, 0.4) is 0 Å². The Balaban J connectivity index is 2.26. The zero-order valence-electron chi connectivity index (χ0n) is 13.7. The van der Waals surface area contributed by atoms with Crippen molar-refractivity contribution >= 4 is 10.0 Å². The minimum absolute atomic E-state index is 0.245. The Morgan fingerprint density at radius 1 is 1.18 bits per heavy atom. The first kappa shape index (κ1) is 16.7. The number of hydrogen-bond donors (Lipinski definition) is 1. The number of nitrogens with one attached hydrogen (secondary N) is 1. The van der Waals surface area contributed by atoms with E-state index in [9.17, 15) is 8.42 Å². The Labute approximate surface area is 132 Å². The average molecular weight is 321 g/mol. The van der Waals surface area contributed by atoms with Gasteiger partial charge in [0.25, 0.3) is 0 Å². The lowest BCUT2D eigenvalue weighted by atomic mass is 9.92. The van der Waals surface area contributed by atoms with Crippen LogP contribution in [-0.2, 0) is 29.0 Å². The molecule has 5 nitrogen and oxygen atoms in total. The lowest BCUT2D eigenvalue weighted by Gasteiger charge is -2.17. The molecule has 2 rings (SSSR count). The van der Waals surface area contributed by atoms with Crippen LogP contribution in [0.4, 0.5) is 0 Å². The van der Waals surface area contributed by atoms with E-state index in [1.165, 1.54) is 0 Å². The molecule has 120 valence electrons. The molecule has 0 amide bonds. The molecule has 0 saturated carbocycles. The fraction of sp³-hybridized carbons (Fsp3) is 0.438. The third-order valence-corrected chi connectivity index (χ3v) is 4.78. The topological polar surface area (TPSA) is 64.0 Å². The Morgan fingerprint density at radius 3 is 2.32 bits per heavy atom. The molecule has 2 aromatic rings. The first-order valence-electron chi connectivity index (χ1n) is 7.19. The molecule has 0 bridgehead atoms. The normalized spacial score (nSPS) is 12.6. The van der Waals surface area contributed by atoms with Crippen LogP contribution in [0.25, 0.3) is 0 Å². The van der Waals surface area contributed by atoms with E-state index in [-0.39, 0.29) is 16.9 Å². The minimum atomic E-state index is -3.59. The molecule has 1 aromatic carbocycles. The van der Waals surface area contributed by atoms with Crippen molar-refractivity contribution in [3.63, 3.8) is 0 Å². The van der Waals surface area contributed by atoms with Gasteiger partial charge in [0.1, 0.15) is 4.90 Å². The minimum Gasteiger partial charge on any atom is -0.274 e. The van der Waals surface area contributed by atoms with Gasteiger partial charge < -0.3 is 0 Å². The molecule has 6 heteroatoms. The van der Waals surface area contributed by atoms with Crippen LogP contribution in [0, 0.1) is 6.92 Å². The molecule has 0 aliphatic heterocycles. The van der Waals surface area contributed by atoms with Gasteiger partial charge in [-0.25, -0.2) is 13.1 Å². The van der Waals surface area contributed by atoms with Gasteiger partial charge in [0.15, 0.2) is 0 Å². The smallest absolute Gasteiger partial charge is 0.244 e. The van der Waals surface area contributed by atoms with E-state index in [0.29, 0.717) is 5.69 Å². The van der Waals surface area contributed by atoms with Crippen molar-refractivity contribution in [3.8, 4) is 0 Å². The fourth-order valence-corrected chi connectivity index (χ4v) is 3.55. The largest absolute Gasteiger partial charge is 0.274 e. The second-order valence-corrected chi connectivity index (χ2v) is 8.31. The van der Waals surface area contributed by atoms with Crippen LogP contribution in [0.15, 0.2) is 35.4 Å². The molecule has 0 spiro atoms. The highest BCUT2D eigenvalue weighted by atomic mass is 32.2. The molecule has 0 fully saturated rings. The second-order valence-electron chi connectivity index (χ2n) is 6.58. The molecular formula is C16H23N3O2S. The predicted octanol–water partition coefficient (Wildman–Crippen LogP) is 2.50. The van der Waals surface area contributed by atoms with E-state index in [0.717, 1.165) is 11.1 Å². The summed E-state index contributed by atoms with van der Waals surface area (Å²) in [6.07, 6.45) is 1.55. The van der Waals surface area contributed by atoms with Crippen molar-refractivity contribution < 1.29 is 8.42 Å². The quantitative estimate of drug-likeness (QED) is 0.941. The number of aromatic nitrogens is 2. The van der Waals surface area contributed by atoms with Crippen LogP contribution >= 0.6 is 0 Å². The summed E-state index contributed by atoms with van der Waals surface area (Å²) < 4.78 is 29.4. The highest BCUT2D eigenvalue weighted by molar-refractivity contribution is 7.89. The van der Waals surface area contributed by atoms with Gasteiger partial charge in [0.2, 0.25) is 10.0 Å². The monoisotopic (exact) mass is 321 g/mol. The summed E-state index contributed by atoms with van der Waals surface area (Å²) in [6.45, 7) is 8.12. The Morgan fingerprint density at radius 2 is 1.77 bits per heavy atom. The highest BCUT2D eigenvalue weighted by Crippen LogP contribution is 2.27. The standard InChI is InChI=1S/C16H23N3O2S/c1-12-6-8-13(9-7-12)10-17-22(20,21)14-11-19(5)18-15(14)16(2,3)4/h6-9,11,17H,10H2,1-5H3. The first-order valence-corrected chi connectivity index (χ1v) is 8.67. The highest BCUT2D eigenvalue weighted by Gasteiger charge is 2.29. The number of sulfonamides is 1. The van der Waals surface area contributed by atoms with Crippen LogP contribution in [-0.4, -0.2) is 18.2 Å². The van der Waals surface area contributed by atoms with Gasteiger partial charge in [-0.15, -0.1) is 0 Å². The average Bonchev–Trinajstić information content (AvgIpc) is 2.81. The lowest BCUT2D eigenvalue weighted by Crippen LogP contribution is -2.26. The molecule has 0 radical (unpaired) electrons. The molecule has 0 aliphatic carbocycles. The van der Waals surface area contributed by atoms with E-state index in [4.69, 9.17) is 0 Å². The predicted molar refractivity (Wildman–Crippen MR) is 87.1 cm³/mol.